The van der Waals surface area contributed by atoms with Crippen LogP contribution in [0, 0.1) is 5.92 Å². The van der Waals surface area contributed by atoms with Crippen molar-refractivity contribution in [2.45, 2.75) is 37.5 Å². The fourth-order valence-corrected chi connectivity index (χ4v) is 5.70. The van der Waals surface area contributed by atoms with Crippen molar-refractivity contribution < 1.29 is 27.4 Å². The van der Waals surface area contributed by atoms with Gasteiger partial charge in [0, 0.05) is 24.8 Å². The van der Waals surface area contributed by atoms with E-state index in [2.05, 4.69) is 5.32 Å². The molecule has 0 radical (unpaired) electrons. The Kier molecular flexibility index (Phi) is 6.30. The summed E-state index contributed by atoms with van der Waals surface area (Å²) in [6.45, 7) is 4.66. The van der Waals surface area contributed by atoms with Crippen LogP contribution in [0.25, 0.3) is 0 Å². The van der Waals surface area contributed by atoms with Crippen molar-refractivity contribution in [3.05, 3.63) is 42.0 Å². The van der Waals surface area contributed by atoms with Gasteiger partial charge in [0.25, 0.3) is 0 Å². The molecule has 2 aromatic rings. The van der Waals surface area contributed by atoms with E-state index < -0.39 is 15.9 Å². The SMILES string of the molecule is COc1ccc(C(C)C)cc1S(=O)(=O)N1CCC[C@@H](C(=O)Nc2ccc3c(c2)OCO3)C1. The number of anilines is 1. The second-order valence-electron chi connectivity index (χ2n) is 8.32. The zero-order valence-electron chi connectivity index (χ0n) is 18.5. The molecule has 1 atom stereocenters. The molecule has 2 aliphatic rings. The van der Waals surface area contributed by atoms with E-state index in [-0.39, 0.29) is 30.1 Å². The molecule has 172 valence electrons. The van der Waals surface area contributed by atoms with Gasteiger partial charge in [-0.25, -0.2) is 8.42 Å². The minimum Gasteiger partial charge on any atom is -0.495 e. The van der Waals surface area contributed by atoms with Crippen LogP contribution in [-0.4, -0.2) is 45.6 Å². The fourth-order valence-electron chi connectivity index (χ4n) is 3.99. The number of carbonyl (C=O) groups excluding carboxylic acids is 1. The van der Waals surface area contributed by atoms with Crippen LogP contribution < -0.4 is 19.5 Å². The number of methoxy groups -OCH3 is 1. The molecule has 1 fully saturated rings. The zero-order valence-corrected chi connectivity index (χ0v) is 19.3. The lowest BCUT2D eigenvalue weighted by molar-refractivity contribution is -0.120. The number of hydrogen-bond acceptors (Lipinski definition) is 6. The highest BCUT2D eigenvalue weighted by atomic mass is 32.2. The first kappa shape index (κ1) is 22.4. The molecule has 1 N–H and O–H groups in total. The lowest BCUT2D eigenvalue weighted by atomic mass is 9.98. The summed E-state index contributed by atoms with van der Waals surface area (Å²) in [4.78, 5) is 13.1. The van der Waals surface area contributed by atoms with Crippen LogP contribution in [0.2, 0.25) is 0 Å². The predicted octanol–water partition coefficient (Wildman–Crippen LogP) is 3.59. The highest BCUT2D eigenvalue weighted by Gasteiger charge is 2.35. The van der Waals surface area contributed by atoms with E-state index in [1.54, 1.807) is 30.3 Å². The van der Waals surface area contributed by atoms with Crippen molar-refractivity contribution >= 4 is 21.6 Å². The Bertz CT molecular complexity index is 1120. The number of rotatable bonds is 6. The summed E-state index contributed by atoms with van der Waals surface area (Å²) in [5.41, 5.74) is 1.50. The molecule has 2 heterocycles. The number of ether oxygens (including phenoxy) is 3. The second-order valence-corrected chi connectivity index (χ2v) is 10.2. The summed E-state index contributed by atoms with van der Waals surface area (Å²) in [6, 6.07) is 10.4. The molecule has 0 spiro atoms. The van der Waals surface area contributed by atoms with Crippen LogP contribution in [0.1, 0.15) is 38.2 Å². The molecule has 0 unspecified atom stereocenters. The number of nitrogens with zero attached hydrogens (tertiary/aromatic N) is 1. The van der Waals surface area contributed by atoms with E-state index in [4.69, 9.17) is 14.2 Å². The van der Waals surface area contributed by atoms with E-state index in [1.807, 2.05) is 19.9 Å². The van der Waals surface area contributed by atoms with E-state index in [0.717, 1.165) is 5.56 Å². The number of carbonyl (C=O) groups is 1. The lowest BCUT2D eigenvalue weighted by Crippen LogP contribution is -2.43. The average molecular weight is 461 g/mol. The van der Waals surface area contributed by atoms with Gasteiger partial charge in [-0.05, 0) is 48.6 Å². The Morgan fingerprint density at radius 3 is 2.69 bits per heavy atom. The molecule has 8 nitrogen and oxygen atoms in total. The van der Waals surface area contributed by atoms with Crippen LogP contribution in [0.4, 0.5) is 5.69 Å². The van der Waals surface area contributed by atoms with Crippen molar-refractivity contribution in [3.63, 3.8) is 0 Å². The van der Waals surface area contributed by atoms with Crippen molar-refractivity contribution in [1.82, 2.24) is 4.31 Å². The summed E-state index contributed by atoms with van der Waals surface area (Å²) in [6.07, 6.45) is 1.22. The topological polar surface area (TPSA) is 94.2 Å². The molecule has 2 aliphatic heterocycles. The molecule has 32 heavy (non-hydrogen) atoms. The van der Waals surface area contributed by atoms with E-state index in [9.17, 15) is 13.2 Å². The van der Waals surface area contributed by atoms with Crippen LogP contribution in [0.15, 0.2) is 41.3 Å². The van der Waals surface area contributed by atoms with Crippen molar-refractivity contribution in [3.8, 4) is 17.2 Å². The number of fused-ring (bicyclic) bond motifs is 1. The monoisotopic (exact) mass is 460 g/mol. The Labute approximate surface area is 188 Å². The van der Waals surface area contributed by atoms with Gasteiger partial charge in [-0.15, -0.1) is 0 Å². The van der Waals surface area contributed by atoms with Gasteiger partial charge >= 0.3 is 0 Å². The zero-order chi connectivity index (χ0) is 22.9. The normalized spacial score (nSPS) is 18.6. The molecule has 0 bridgehead atoms. The fraction of sp³-hybridized carbons (Fsp3) is 0.435. The summed E-state index contributed by atoms with van der Waals surface area (Å²) in [5, 5.41) is 2.88. The number of nitrogens with one attached hydrogen (secondary N) is 1. The standard InChI is InChI=1S/C23H28N2O6S/c1-15(2)16-6-8-20(29-3)22(11-16)32(27,28)25-10-4-5-17(13-25)23(26)24-18-7-9-19-21(12-18)31-14-30-19/h6-9,11-12,15,17H,4-5,10,13-14H2,1-3H3,(H,24,26)/t17-/m1/s1. The number of benzene rings is 2. The first-order valence-electron chi connectivity index (χ1n) is 10.7. The smallest absolute Gasteiger partial charge is 0.246 e. The summed E-state index contributed by atoms with van der Waals surface area (Å²) in [5.74, 6) is 1.02. The Hall–Kier alpha value is -2.78. The average Bonchev–Trinajstić information content (AvgIpc) is 3.26. The van der Waals surface area contributed by atoms with Crippen LogP contribution >= 0.6 is 0 Å². The number of sulfonamides is 1. The van der Waals surface area contributed by atoms with Crippen molar-refractivity contribution in [2.75, 3.05) is 32.3 Å². The Balaban J connectivity index is 1.52. The molecule has 2 aromatic carbocycles. The van der Waals surface area contributed by atoms with Gasteiger partial charge in [-0.2, -0.15) is 4.31 Å². The highest BCUT2D eigenvalue weighted by Crippen LogP contribution is 2.35. The van der Waals surface area contributed by atoms with Gasteiger partial charge in [0.15, 0.2) is 11.5 Å². The molecular formula is C23H28N2O6S. The predicted molar refractivity (Wildman–Crippen MR) is 120 cm³/mol. The van der Waals surface area contributed by atoms with E-state index in [0.29, 0.717) is 42.3 Å². The lowest BCUT2D eigenvalue weighted by Gasteiger charge is -2.31. The molecule has 1 saturated heterocycles. The van der Waals surface area contributed by atoms with E-state index in [1.165, 1.54) is 11.4 Å². The largest absolute Gasteiger partial charge is 0.495 e. The van der Waals surface area contributed by atoms with Gasteiger partial charge in [-0.3, -0.25) is 4.79 Å². The number of amides is 1. The highest BCUT2D eigenvalue weighted by molar-refractivity contribution is 7.89. The molecule has 9 heteroatoms. The van der Waals surface area contributed by atoms with E-state index >= 15 is 0 Å². The Morgan fingerprint density at radius 2 is 1.94 bits per heavy atom. The van der Waals surface area contributed by atoms with Crippen LogP contribution in [0.5, 0.6) is 17.2 Å². The Morgan fingerprint density at radius 1 is 1.16 bits per heavy atom. The minimum atomic E-state index is -3.82. The van der Waals surface area contributed by atoms with Crippen molar-refractivity contribution in [1.29, 1.82) is 0 Å². The van der Waals surface area contributed by atoms with Crippen LogP contribution in [0.3, 0.4) is 0 Å². The minimum absolute atomic E-state index is 0.119. The van der Waals surface area contributed by atoms with Gasteiger partial charge in [0.2, 0.25) is 22.7 Å². The maximum absolute atomic E-state index is 13.5. The van der Waals surface area contributed by atoms with Gasteiger partial charge < -0.3 is 19.5 Å². The van der Waals surface area contributed by atoms with Gasteiger partial charge in [-0.1, -0.05) is 19.9 Å². The molecule has 4 rings (SSSR count). The molecule has 0 aromatic heterocycles. The molecule has 0 aliphatic carbocycles. The first-order chi connectivity index (χ1) is 15.3. The quantitative estimate of drug-likeness (QED) is 0.708. The molecule has 1 amide bonds. The second kappa shape index (κ2) is 8.99. The van der Waals surface area contributed by atoms with Gasteiger partial charge in [0.05, 0.1) is 13.0 Å². The third-order valence-electron chi connectivity index (χ3n) is 5.87. The number of piperidine rings is 1. The maximum atomic E-state index is 13.5. The third-order valence-corrected chi connectivity index (χ3v) is 7.75. The van der Waals surface area contributed by atoms with Crippen molar-refractivity contribution in [2.24, 2.45) is 5.92 Å². The summed E-state index contributed by atoms with van der Waals surface area (Å²) in [7, 11) is -2.36. The number of hydrogen-bond donors (Lipinski definition) is 1. The molecular weight excluding hydrogens is 432 g/mol. The maximum Gasteiger partial charge on any atom is 0.246 e. The molecule has 0 saturated carbocycles. The van der Waals surface area contributed by atoms with Crippen LogP contribution in [-0.2, 0) is 14.8 Å². The summed E-state index contributed by atoms with van der Waals surface area (Å²) < 4.78 is 44.3. The third kappa shape index (κ3) is 4.40. The van der Waals surface area contributed by atoms with Gasteiger partial charge in [0.1, 0.15) is 10.6 Å². The summed E-state index contributed by atoms with van der Waals surface area (Å²) >= 11 is 0. The first-order valence-corrected chi connectivity index (χ1v) is 12.1.